The zero-order valence-corrected chi connectivity index (χ0v) is 11.3. The number of rotatable bonds is 5. The van der Waals surface area contributed by atoms with Crippen LogP contribution in [0, 0.1) is 6.92 Å². The van der Waals surface area contributed by atoms with Gasteiger partial charge < -0.3 is 14.7 Å². The highest BCUT2D eigenvalue weighted by Gasteiger charge is 2.23. The van der Waals surface area contributed by atoms with Crippen molar-refractivity contribution in [2.75, 3.05) is 24.7 Å². The topological polar surface area (TPSA) is 49.8 Å². The van der Waals surface area contributed by atoms with Crippen LogP contribution in [-0.4, -0.2) is 36.9 Å². The lowest BCUT2D eigenvalue weighted by atomic mass is 10.0. The first kappa shape index (κ1) is 13.9. The second-order valence-electron chi connectivity index (χ2n) is 4.97. The SMILES string of the molecule is Cc1ccccc1N(CCC(=O)O)C1CCOCC1. The van der Waals surface area contributed by atoms with Crippen molar-refractivity contribution in [1.82, 2.24) is 0 Å². The zero-order valence-electron chi connectivity index (χ0n) is 11.3. The van der Waals surface area contributed by atoms with Crippen LogP contribution in [0.15, 0.2) is 24.3 Å². The van der Waals surface area contributed by atoms with E-state index in [1.165, 1.54) is 5.56 Å². The Morgan fingerprint density at radius 2 is 2.05 bits per heavy atom. The molecule has 1 aromatic rings. The van der Waals surface area contributed by atoms with Gasteiger partial charge in [0.1, 0.15) is 0 Å². The minimum atomic E-state index is -0.745. The molecule has 19 heavy (non-hydrogen) atoms. The average Bonchev–Trinajstić information content (AvgIpc) is 2.42. The van der Waals surface area contributed by atoms with E-state index in [1.54, 1.807) is 0 Å². The summed E-state index contributed by atoms with van der Waals surface area (Å²) in [5.74, 6) is -0.745. The average molecular weight is 263 g/mol. The minimum Gasteiger partial charge on any atom is -0.481 e. The smallest absolute Gasteiger partial charge is 0.305 e. The van der Waals surface area contributed by atoms with Crippen molar-refractivity contribution in [3.05, 3.63) is 29.8 Å². The number of benzene rings is 1. The molecule has 0 aliphatic carbocycles. The van der Waals surface area contributed by atoms with Crippen molar-refractivity contribution in [2.24, 2.45) is 0 Å². The predicted octanol–water partition coefficient (Wildman–Crippen LogP) is 2.46. The number of para-hydroxylation sites is 1. The standard InChI is InChI=1S/C15H21NO3/c1-12-4-2-3-5-14(12)16(9-6-15(17)18)13-7-10-19-11-8-13/h2-5,13H,6-11H2,1H3,(H,17,18). The molecule has 1 N–H and O–H groups in total. The Balaban J connectivity index is 2.17. The number of carboxylic acids is 1. The summed E-state index contributed by atoms with van der Waals surface area (Å²) in [5, 5.41) is 8.93. The maximum atomic E-state index is 10.9. The lowest BCUT2D eigenvalue weighted by Gasteiger charge is -2.36. The first-order valence-electron chi connectivity index (χ1n) is 6.80. The summed E-state index contributed by atoms with van der Waals surface area (Å²) in [7, 11) is 0. The molecular weight excluding hydrogens is 242 g/mol. The van der Waals surface area contributed by atoms with E-state index in [1.807, 2.05) is 12.1 Å². The molecule has 0 saturated carbocycles. The molecule has 0 atom stereocenters. The summed E-state index contributed by atoms with van der Waals surface area (Å²) in [6.07, 6.45) is 2.10. The van der Waals surface area contributed by atoms with Crippen LogP contribution in [0.1, 0.15) is 24.8 Å². The van der Waals surface area contributed by atoms with Gasteiger partial charge in [-0.15, -0.1) is 0 Å². The Morgan fingerprint density at radius 1 is 1.37 bits per heavy atom. The molecule has 1 aliphatic rings. The van der Waals surface area contributed by atoms with Crippen molar-refractivity contribution in [2.45, 2.75) is 32.2 Å². The third-order valence-electron chi connectivity index (χ3n) is 3.62. The number of hydrogen-bond donors (Lipinski definition) is 1. The molecule has 104 valence electrons. The number of aryl methyl sites for hydroxylation is 1. The summed E-state index contributed by atoms with van der Waals surface area (Å²) in [6.45, 7) is 4.16. The molecule has 1 aromatic carbocycles. The van der Waals surface area contributed by atoms with E-state index in [9.17, 15) is 4.79 Å². The molecule has 0 radical (unpaired) electrons. The van der Waals surface area contributed by atoms with Gasteiger partial charge in [-0.1, -0.05) is 18.2 Å². The van der Waals surface area contributed by atoms with E-state index in [0.29, 0.717) is 12.6 Å². The molecule has 4 heteroatoms. The van der Waals surface area contributed by atoms with Crippen molar-refractivity contribution in [3.63, 3.8) is 0 Å². The lowest BCUT2D eigenvalue weighted by molar-refractivity contribution is -0.136. The van der Waals surface area contributed by atoms with Crippen LogP contribution in [0.2, 0.25) is 0 Å². The highest BCUT2D eigenvalue weighted by Crippen LogP contribution is 2.26. The molecule has 1 aliphatic heterocycles. The van der Waals surface area contributed by atoms with Crippen LogP contribution in [0.4, 0.5) is 5.69 Å². The van der Waals surface area contributed by atoms with Gasteiger partial charge in [0.15, 0.2) is 0 Å². The van der Waals surface area contributed by atoms with Crippen LogP contribution in [0.5, 0.6) is 0 Å². The highest BCUT2D eigenvalue weighted by molar-refractivity contribution is 5.68. The molecule has 0 unspecified atom stereocenters. The van der Waals surface area contributed by atoms with Gasteiger partial charge in [-0.3, -0.25) is 4.79 Å². The van der Waals surface area contributed by atoms with Crippen LogP contribution in [0.25, 0.3) is 0 Å². The number of ether oxygens (including phenoxy) is 1. The van der Waals surface area contributed by atoms with Crippen LogP contribution < -0.4 is 4.90 Å². The first-order chi connectivity index (χ1) is 9.18. The number of carbonyl (C=O) groups is 1. The molecule has 0 aromatic heterocycles. The molecule has 0 bridgehead atoms. The van der Waals surface area contributed by atoms with Crippen molar-refractivity contribution < 1.29 is 14.6 Å². The fourth-order valence-electron chi connectivity index (χ4n) is 2.60. The van der Waals surface area contributed by atoms with E-state index in [4.69, 9.17) is 9.84 Å². The van der Waals surface area contributed by atoms with Crippen molar-refractivity contribution in [3.8, 4) is 0 Å². The monoisotopic (exact) mass is 263 g/mol. The Bertz CT molecular complexity index is 427. The van der Waals surface area contributed by atoms with E-state index in [-0.39, 0.29) is 6.42 Å². The number of aliphatic carboxylic acids is 1. The number of carboxylic acid groups (broad SMARTS) is 1. The van der Waals surface area contributed by atoms with Gasteiger partial charge in [-0.05, 0) is 31.4 Å². The molecule has 1 fully saturated rings. The Morgan fingerprint density at radius 3 is 2.68 bits per heavy atom. The summed E-state index contributed by atoms with van der Waals surface area (Å²) in [5.41, 5.74) is 2.34. The molecular formula is C15H21NO3. The van der Waals surface area contributed by atoms with Gasteiger partial charge >= 0.3 is 5.97 Å². The molecule has 2 rings (SSSR count). The summed E-state index contributed by atoms with van der Waals surface area (Å²) < 4.78 is 5.40. The van der Waals surface area contributed by atoms with E-state index in [0.717, 1.165) is 31.7 Å². The van der Waals surface area contributed by atoms with Gasteiger partial charge in [0.05, 0.1) is 6.42 Å². The van der Waals surface area contributed by atoms with Gasteiger partial charge in [0, 0.05) is 31.5 Å². The molecule has 4 nitrogen and oxygen atoms in total. The Kier molecular flexibility index (Phi) is 4.80. The second-order valence-corrected chi connectivity index (χ2v) is 4.97. The fraction of sp³-hybridized carbons (Fsp3) is 0.533. The van der Waals surface area contributed by atoms with E-state index < -0.39 is 5.97 Å². The van der Waals surface area contributed by atoms with Gasteiger partial charge in [0.2, 0.25) is 0 Å². The maximum Gasteiger partial charge on any atom is 0.305 e. The third-order valence-corrected chi connectivity index (χ3v) is 3.62. The van der Waals surface area contributed by atoms with Crippen LogP contribution in [-0.2, 0) is 9.53 Å². The largest absolute Gasteiger partial charge is 0.481 e. The zero-order chi connectivity index (χ0) is 13.7. The van der Waals surface area contributed by atoms with E-state index in [2.05, 4.69) is 24.0 Å². The second kappa shape index (κ2) is 6.57. The third kappa shape index (κ3) is 3.70. The first-order valence-corrected chi connectivity index (χ1v) is 6.80. The number of hydrogen-bond acceptors (Lipinski definition) is 3. The quantitative estimate of drug-likeness (QED) is 0.886. The number of nitrogens with zero attached hydrogens (tertiary/aromatic N) is 1. The molecule has 0 amide bonds. The summed E-state index contributed by atoms with van der Waals surface area (Å²) >= 11 is 0. The van der Waals surface area contributed by atoms with Gasteiger partial charge in [0.25, 0.3) is 0 Å². The number of anilines is 1. The molecule has 0 spiro atoms. The van der Waals surface area contributed by atoms with E-state index >= 15 is 0 Å². The van der Waals surface area contributed by atoms with Gasteiger partial charge in [-0.25, -0.2) is 0 Å². The molecule has 1 saturated heterocycles. The minimum absolute atomic E-state index is 0.172. The van der Waals surface area contributed by atoms with Gasteiger partial charge in [-0.2, -0.15) is 0 Å². The lowest BCUT2D eigenvalue weighted by Crippen LogP contribution is -2.41. The Hall–Kier alpha value is -1.55. The van der Waals surface area contributed by atoms with Crippen molar-refractivity contribution in [1.29, 1.82) is 0 Å². The van der Waals surface area contributed by atoms with Crippen LogP contribution >= 0.6 is 0 Å². The van der Waals surface area contributed by atoms with Crippen LogP contribution in [0.3, 0.4) is 0 Å². The normalized spacial score (nSPS) is 16.3. The predicted molar refractivity (Wildman–Crippen MR) is 74.6 cm³/mol. The fourth-order valence-corrected chi connectivity index (χ4v) is 2.60. The molecule has 1 heterocycles. The summed E-state index contributed by atoms with van der Waals surface area (Å²) in [4.78, 5) is 13.1. The summed E-state index contributed by atoms with van der Waals surface area (Å²) in [6, 6.07) is 8.55. The van der Waals surface area contributed by atoms with Crippen molar-refractivity contribution >= 4 is 11.7 Å². The Labute approximate surface area is 114 Å². The maximum absolute atomic E-state index is 10.9. The highest BCUT2D eigenvalue weighted by atomic mass is 16.5.